The molecule has 7 heteroatoms. The van der Waals surface area contributed by atoms with Gasteiger partial charge in [0.05, 0.1) is 24.3 Å². The Labute approximate surface area is 131 Å². The molecule has 3 aromatic rings. The van der Waals surface area contributed by atoms with E-state index in [1.807, 2.05) is 0 Å². The van der Waals surface area contributed by atoms with Gasteiger partial charge in [0.2, 0.25) is 0 Å². The summed E-state index contributed by atoms with van der Waals surface area (Å²) in [5.41, 5.74) is 0.320. The molecule has 0 saturated heterocycles. The highest BCUT2D eigenvalue weighted by molar-refractivity contribution is 5.81. The van der Waals surface area contributed by atoms with Gasteiger partial charge in [-0.3, -0.25) is 9.78 Å². The number of pyridine rings is 1. The van der Waals surface area contributed by atoms with E-state index in [4.69, 9.17) is 14.2 Å². The van der Waals surface area contributed by atoms with Crippen molar-refractivity contribution in [3.8, 4) is 17.2 Å². The van der Waals surface area contributed by atoms with Gasteiger partial charge in [0.25, 0.3) is 5.56 Å². The maximum Gasteiger partial charge on any atom is 0.258 e. The second-order valence-electron chi connectivity index (χ2n) is 4.63. The second kappa shape index (κ2) is 6.78. The normalized spacial score (nSPS) is 10.5. The number of ether oxygens (including phenoxy) is 3. The smallest absolute Gasteiger partial charge is 0.258 e. The van der Waals surface area contributed by atoms with Crippen molar-refractivity contribution in [1.29, 1.82) is 0 Å². The molecule has 1 N–H and O–H groups in total. The van der Waals surface area contributed by atoms with E-state index in [0.717, 1.165) is 5.75 Å². The molecule has 0 radical (unpaired) electrons. The van der Waals surface area contributed by atoms with Gasteiger partial charge in [-0.15, -0.1) is 0 Å². The van der Waals surface area contributed by atoms with Crippen molar-refractivity contribution < 1.29 is 14.2 Å². The Morgan fingerprint density at radius 1 is 1.09 bits per heavy atom. The first-order valence-corrected chi connectivity index (χ1v) is 6.99. The number of hydrogen-bond acceptors (Lipinski definition) is 6. The van der Waals surface area contributed by atoms with Gasteiger partial charge >= 0.3 is 0 Å². The fourth-order valence-electron chi connectivity index (χ4n) is 2.09. The third-order valence-electron chi connectivity index (χ3n) is 3.19. The summed E-state index contributed by atoms with van der Waals surface area (Å²) in [6.07, 6.45) is 4.67. The van der Waals surface area contributed by atoms with Crippen LogP contribution in [0.25, 0.3) is 10.9 Å². The van der Waals surface area contributed by atoms with Crippen molar-refractivity contribution >= 4 is 10.9 Å². The molecule has 0 aliphatic rings. The molecule has 0 unspecified atom stereocenters. The van der Waals surface area contributed by atoms with Crippen molar-refractivity contribution in [1.82, 2.24) is 15.0 Å². The van der Waals surface area contributed by atoms with Crippen LogP contribution in [-0.2, 0) is 0 Å². The molecule has 2 heterocycles. The number of nitrogens with zero attached hydrogens (tertiary/aromatic N) is 2. The molecule has 0 bridgehead atoms. The zero-order valence-electron chi connectivity index (χ0n) is 12.5. The molecule has 3 rings (SSSR count). The molecule has 0 amide bonds. The van der Waals surface area contributed by atoms with Gasteiger partial charge in [-0.25, -0.2) is 4.98 Å². The molecule has 0 saturated carbocycles. The van der Waals surface area contributed by atoms with Gasteiger partial charge < -0.3 is 19.2 Å². The van der Waals surface area contributed by atoms with Gasteiger partial charge in [0.1, 0.15) is 19.0 Å². The molecule has 0 aliphatic heterocycles. The number of H-pyrrole nitrogens is 1. The zero-order chi connectivity index (χ0) is 16.1. The minimum atomic E-state index is -0.221. The van der Waals surface area contributed by atoms with Gasteiger partial charge in [-0.2, -0.15) is 0 Å². The van der Waals surface area contributed by atoms with Gasteiger partial charge in [-0.1, -0.05) is 0 Å². The van der Waals surface area contributed by atoms with E-state index < -0.39 is 0 Å². The van der Waals surface area contributed by atoms with E-state index in [9.17, 15) is 4.79 Å². The lowest BCUT2D eigenvalue weighted by atomic mass is 10.2. The Morgan fingerprint density at radius 3 is 2.65 bits per heavy atom. The number of aromatic amines is 1. The molecule has 0 aliphatic carbocycles. The van der Waals surface area contributed by atoms with Crippen molar-refractivity contribution in [2.75, 3.05) is 20.3 Å². The Morgan fingerprint density at radius 2 is 1.87 bits per heavy atom. The van der Waals surface area contributed by atoms with E-state index >= 15 is 0 Å². The van der Waals surface area contributed by atoms with Crippen LogP contribution >= 0.6 is 0 Å². The average Bonchev–Trinajstić information content (AvgIpc) is 2.59. The number of fused-ring (bicyclic) bond motifs is 1. The van der Waals surface area contributed by atoms with Crippen LogP contribution in [0.15, 0.2) is 47.8 Å². The molecule has 118 valence electrons. The van der Waals surface area contributed by atoms with Crippen molar-refractivity contribution in [3.05, 3.63) is 53.3 Å². The fraction of sp³-hybridized carbons (Fsp3) is 0.188. The number of methoxy groups -OCH3 is 1. The Bertz CT molecular complexity index is 849. The summed E-state index contributed by atoms with van der Waals surface area (Å²) in [5.74, 6) is 1.71. The largest absolute Gasteiger partial charge is 0.493 e. The Hall–Kier alpha value is -3.09. The second-order valence-corrected chi connectivity index (χ2v) is 4.63. The topological polar surface area (TPSA) is 86.3 Å². The van der Waals surface area contributed by atoms with Crippen molar-refractivity contribution in [3.63, 3.8) is 0 Å². The van der Waals surface area contributed by atoms with Crippen LogP contribution in [0.4, 0.5) is 0 Å². The van der Waals surface area contributed by atoms with Crippen molar-refractivity contribution in [2.45, 2.75) is 0 Å². The first-order chi connectivity index (χ1) is 11.3. The summed E-state index contributed by atoms with van der Waals surface area (Å²) in [6, 6.07) is 6.83. The maximum atomic E-state index is 11.8. The molecule has 7 nitrogen and oxygen atoms in total. The maximum absolute atomic E-state index is 11.8. The molecular weight excluding hydrogens is 298 g/mol. The minimum absolute atomic E-state index is 0.221. The predicted molar refractivity (Wildman–Crippen MR) is 84.1 cm³/mol. The molecule has 0 fully saturated rings. The number of rotatable bonds is 6. The molecule has 1 aromatic carbocycles. The number of benzene rings is 1. The van der Waals surface area contributed by atoms with Crippen LogP contribution in [0.2, 0.25) is 0 Å². The van der Waals surface area contributed by atoms with Gasteiger partial charge in [-0.05, 0) is 18.2 Å². The first-order valence-electron chi connectivity index (χ1n) is 6.99. The predicted octanol–water partition coefficient (Wildman–Crippen LogP) is 1.78. The SMILES string of the molecule is COc1cc2c(=O)[nH]cnc2cc1OCCOc1ccncc1. The van der Waals surface area contributed by atoms with E-state index in [0.29, 0.717) is 35.6 Å². The summed E-state index contributed by atoms with van der Waals surface area (Å²) in [6.45, 7) is 0.696. The highest BCUT2D eigenvalue weighted by Gasteiger charge is 2.10. The van der Waals surface area contributed by atoms with E-state index in [1.54, 1.807) is 36.7 Å². The molecule has 0 atom stereocenters. The summed E-state index contributed by atoms with van der Waals surface area (Å²) in [7, 11) is 1.52. The summed E-state index contributed by atoms with van der Waals surface area (Å²) in [4.78, 5) is 22.3. The Balaban J connectivity index is 1.71. The molecule has 0 spiro atoms. The van der Waals surface area contributed by atoms with E-state index in [1.165, 1.54) is 13.4 Å². The lowest BCUT2D eigenvalue weighted by molar-refractivity contribution is 0.211. The highest BCUT2D eigenvalue weighted by Crippen LogP contribution is 2.30. The molecule has 23 heavy (non-hydrogen) atoms. The van der Waals surface area contributed by atoms with Gasteiger partial charge in [0.15, 0.2) is 11.5 Å². The standard InChI is InChI=1S/C16H15N3O4/c1-21-14-8-12-13(18-10-19-16(12)20)9-15(14)23-7-6-22-11-2-4-17-5-3-11/h2-5,8-10H,6-7H2,1H3,(H,18,19,20). The molecule has 2 aromatic heterocycles. The molecular formula is C16H15N3O4. The van der Waals surface area contributed by atoms with Crippen LogP contribution in [0.3, 0.4) is 0 Å². The van der Waals surface area contributed by atoms with Crippen LogP contribution < -0.4 is 19.8 Å². The third kappa shape index (κ3) is 3.39. The van der Waals surface area contributed by atoms with Crippen LogP contribution in [-0.4, -0.2) is 35.3 Å². The highest BCUT2D eigenvalue weighted by atomic mass is 16.5. The summed E-state index contributed by atoms with van der Waals surface area (Å²) in [5, 5.41) is 0.449. The third-order valence-corrected chi connectivity index (χ3v) is 3.19. The number of nitrogens with one attached hydrogen (secondary N) is 1. The number of aromatic nitrogens is 3. The van der Waals surface area contributed by atoms with Gasteiger partial charge in [0, 0.05) is 18.5 Å². The van der Waals surface area contributed by atoms with E-state index in [-0.39, 0.29) is 5.56 Å². The first kappa shape index (κ1) is 14.8. The lowest BCUT2D eigenvalue weighted by Gasteiger charge is -2.12. The van der Waals surface area contributed by atoms with Crippen LogP contribution in [0.5, 0.6) is 17.2 Å². The average molecular weight is 313 g/mol. The van der Waals surface area contributed by atoms with Crippen molar-refractivity contribution in [2.24, 2.45) is 0 Å². The minimum Gasteiger partial charge on any atom is -0.493 e. The Kier molecular flexibility index (Phi) is 4.37. The zero-order valence-corrected chi connectivity index (χ0v) is 12.5. The quantitative estimate of drug-likeness (QED) is 0.698. The van der Waals surface area contributed by atoms with Crippen LogP contribution in [0.1, 0.15) is 0 Å². The monoisotopic (exact) mass is 313 g/mol. The summed E-state index contributed by atoms with van der Waals surface area (Å²) < 4.78 is 16.5. The summed E-state index contributed by atoms with van der Waals surface area (Å²) >= 11 is 0. The number of hydrogen-bond donors (Lipinski definition) is 1. The van der Waals surface area contributed by atoms with Crippen LogP contribution in [0, 0.1) is 0 Å². The van der Waals surface area contributed by atoms with E-state index in [2.05, 4.69) is 15.0 Å². The lowest BCUT2D eigenvalue weighted by Crippen LogP contribution is -2.11. The fourth-order valence-corrected chi connectivity index (χ4v) is 2.09.